The maximum Gasteiger partial charge on any atom is 0.253 e. The van der Waals surface area contributed by atoms with E-state index in [1.165, 1.54) is 11.3 Å². The molecule has 0 spiro atoms. The van der Waals surface area contributed by atoms with Crippen LogP contribution in [0.25, 0.3) is 10.2 Å². The lowest BCUT2D eigenvalue weighted by molar-refractivity contribution is 0.0783. The number of likely N-dealkylation sites (tertiary alicyclic amines) is 1. The van der Waals surface area contributed by atoms with Gasteiger partial charge in [0.25, 0.3) is 5.91 Å². The van der Waals surface area contributed by atoms with Gasteiger partial charge in [0.05, 0.1) is 10.2 Å². The van der Waals surface area contributed by atoms with Crippen molar-refractivity contribution in [2.45, 2.75) is 12.5 Å². The number of rotatable bonds is 2. The first-order chi connectivity index (χ1) is 9.54. The van der Waals surface area contributed by atoms with Crippen LogP contribution >= 0.6 is 11.3 Å². The SMILES string of the molecule is CN(C)C1CCN(C(=O)c2ccc3nc(N)sc3c2)C1. The molecule has 0 aliphatic carbocycles. The van der Waals surface area contributed by atoms with Gasteiger partial charge in [0.1, 0.15) is 0 Å². The predicted molar refractivity (Wildman–Crippen MR) is 82.0 cm³/mol. The number of nitrogens with zero attached hydrogens (tertiary/aromatic N) is 3. The number of likely N-dealkylation sites (N-methyl/N-ethyl adjacent to an activating group) is 1. The van der Waals surface area contributed by atoms with Crippen molar-refractivity contribution < 1.29 is 4.79 Å². The number of hydrogen-bond acceptors (Lipinski definition) is 5. The Morgan fingerprint density at radius 1 is 1.50 bits per heavy atom. The minimum absolute atomic E-state index is 0.100. The summed E-state index contributed by atoms with van der Waals surface area (Å²) in [6, 6.07) is 6.07. The first kappa shape index (κ1) is 13.3. The molecular weight excluding hydrogens is 272 g/mol. The number of thiazole rings is 1. The normalized spacial score (nSPS) is 19.1. The molecule has 5 nitrogen and oxygen atoms in total. The van der Waals surface area contributed by atoms with E-state index in [1.54, 1.807) is 0 Å². The van der Waals surface area contributed by atoms with Gasteiger partial charge in [-0.1, -0.05) is 11.3 Å². The summed E-state index contributed by atoms with van der Waals surface area (Å²) < 4.78 is 0.969. The fourth-order valence-electron chi connectivity index (χ4n) is 2.61. The van der Waals surface area contributed by atoms with Crippen molar-refractivity contribution in [3.63, 3.8) is 0 Å². The number of carbonyl (C=O) groups is 1. The summed E-state index contributed by atoms with van der Waals surface area (Å²) >= 11 is 1.42. The zero-order chi connectivity index (χ0) is 14.3. The average molecular weight is 290 g/mol. The van der Waals surface area contributed by atoms with E-state index >= 15 is 0 Å². The third-order valence-electron chi connectivity index (χ3n) is 3.83. The Morgan fingerprint density at radius 2 is 2.30 bits per heavy atom. The van der Waals surface area contributed by atoms with Crippen LogP contribution in [0.1, 0.15) is 16.8 Å². The highest BCUT2D eigenvalue weighted by molar-refractivity contribution is 7.22. The molecule has 6 heteroatoms. The minimum atomic E-state index is 0.100. The molecule has 1 aromatic carbocycles. The molecule has 3 rings (SSSR count). The second-order valence-corrected chi connectivity index (χ2v) is 6.45. The summed E-state index contributed by atoms with van der Waals surface area (Å²) in [5.74, 6) is 0.100. The maximum absolute atomic E-state index is 12.5. The number of nitrogens with two attached hydrogens (primary N) is 1. The predicted octanol–water partition coefficient (Wildman–Crippen LogP) is 1.65. The molecule has 2 heterocycles. The molecule has 2 aromatic rings. The molecule has 1 amide bonds. The number of amides is 1. The van der Waals surface area contributed by atoms with Gasteiger partial charge in [0.15, 0.2) is 5.13 Å². The second-order valence-electron chi connectivity index (χ2n) is 5.39. The number of anilines is 1. The zero-order valence-corrected chi connectivity index (χ0v) is 12.5. The van der Waals surface area contributed by atoms with E-state index in [9.17, 15) is 4.79 Å². The third-order valence-corrected chi connectivity index (χ3v) is 4.68. The highest BCUT2D eigenvalue weighted by atomic mass is 32.1. The Balaban J connectivity index is 1.82. The number of hydrogen-bond donors (Lipinski definition) is 1. The van der Waals surface area contributed by atoms with Crippen LogP contribution in [0.5, 0.6) is 0 Å². The van der Waals surface area contributed by atoms with Crippen LogP contribution in [0, 0.1) is 0 Å². The maximum atomic E-state index is 12.5. The number of carbonyl (C=O) groups excluding carboxylic acids is 1. The molecule has 0 saturated carbocycles. The summed E-state index contributed by atoms with van der Waals surface area (Å²) in [4.78, 5) is 20.8. The van der Waals surface area contributed by atoms with Crippen molar-refractivity contribution in [1.82, 2.24) is 14.8 Å². The lowest BCUT2D eigenvalue weighted by Crippen LogP contribution is -2.34. The molecule has 1 aromatic heterocycles. The first-order valence-electron chi connectivity index (χ1n) is 6.66. The number of fused-ring (bicyclic) bond motifs is 1. The van der Waals surface area contributed by atoms with Gasteiger partial charge in [-0.15, -0.1) is 0 Å². The van der Waals surface area contributed by atoms with Gasteiger partial charge in [-0.05, 0) is 38.7 Å². The molecule has 1 unspecified atom stereocenters. The first-order valence-corrected chi connectivity index (χ1v) is 7.48. The molecule has 0 radical (unpaired) electrons. The molecule has 1 saturated heterocycles. The number of aromatic nitrogens is 1. The van der Waals surface area contributed by atoms with E-state index in [0.717, 1.165) is 35.3 Å². The smallest absolute Gasteiger partial charge is 0.253 e. The quantitative estimate of drug-likeness (QED) is 0.913. The number of benzene rings is 1. The third kappa shape index (κ3) is 2.36. The van der Waals surface area contributed by atoms with Crippen LogP contribution in [0.3, 0.4) is 0 Å². The van der Waals surface area contributed by atoms with Crippen molar-refractivity contribution in [1.29, 1.82) is 0 Å². The monoisotopic (exact) mass is 290 g/mol. The summed E-state index contributed by atoms with van der Waals surface area (Å²) in [6.45, 7) is 1.62. The van der Waals surface area contributed by atoms with Gasteiger partial charge in [-0.3, -0.25) is 4.79 Å². The van der Waals surface area contributed by atoms with Crippen LogP contribution in [0.2, 0.25) is 0 Å². The van der Waals surface area contributed by atoms with E-state index in [2.05, 4.69) is 24.0 Å². The van der Waals surface area contributed by atoms with Crippen molar-refractivity contribution in [2.75, 3.05) is 32.9 Å². The molecule has 1 fully saturated rings. The van der Waals surface area contributed by atoms with Crippen molar-refractivity contribution >= 4 is 32.6 Å². The Labute approximate surface area is 122 Å². The van der Waals surface area contributed by atoms with Gasteiger partial charge in [-0.2, -0.15) is 0 Å². The van der Waals surface area contributed by atoms with Crippen molar-refractivity contribution in [2.24, 2.45) is 0 Å². The summed E-state index contributed by atoms with van der Waals surface area (Å²) in [5.41, 5.74) is 7.28. The van der Waals surface area contributed by atoms with Crippen molar-refractivity contribution in [3.8, 4) is 0 Å². The lowest BCUT2D eigenvalue weighted by atomic mass is 10.2. The molecule has 1 aliphatic heterocycles. The molecular formula is C14H18N4OS. The van der Waals surface area contributed by atoms with Gasteiger partial charge < -0.3 is 15.5 Å². The Bertz CT molecular complexity index is 652. The highest BCUT2D eigenvalue weighted by Crippen LogP contribution is 2.25. The van der Waals surface area contributed by atoms with Crippen molar-refractivity contribution in [3.05, 3.63) is 23.8 Å². The lowest BCUT2D eigenvalue weighted by Gasteiger charge is -2.20. The van der Waals surface area contributed by atoms with Gasteiger partial charge in [0, 0.05) is 24.7 Å². The Morgan fingerprint density at radius 3 is 3.00 bits per heavy atom. The van der Waals surface area contributed by atoms with Gasteiger partial charge in [-0.25, -0.2) is 4.98 Å². The average Bonchev–Trinajstić information content (AvgIpc) is 3.02. The summed E-state index contributed by atoms with van der Waals surface area (Å²) in [5, 5.41) is 0.540. The summed E-state index contributed by atoms with van der Waals surface area (Å²) in [7, 11) is 4.12. The molecule has 1 aliphatic rings. The largest absolute Gasteiger partial charge is 0.375 e. The Hall–Kier alpha value is -1.66. The van der Waals surface area contributed by atoms with E-state index in [0.29, 0.717) is 11.2 Å². The molecule has 20 heavy (non-hydrogen) atoms. The second kappa shape index (κ2) is 5.03. The van der Waals surface area contributed by atoms with Crippen LogP contribution in [0.4, 0.5) is 5.13 Å². The number of nitrogen functional groups attached to an aromatic ring is 1. The van der Waals surface area contributed by atoms with E-state index in [-0.39, 0.29) is 5.91 Å². The van der Waals surface area contributed by atoms with Crippen LogP contribution in [0.15, 0.2) is 18.2 Å². The van der Waals surface area contributed by atoms with Crippen LogP contribution < -0.4 is 5.73 Å². The zero-order valence-electron chi connectivity index (χ0n) is 11.7. The summed E-state index contributed by atoms with van der Waals surface area (Å²) in [6.07, 6.45) is 1.04. The fourth-order valence-corrected chi connectivity index (χ4v) is 3.38. The van der Waals surface area contributed by atoms with E-state index in [4.69, 9.17) is 5.73 Å². The van der Waals surface area contributed by atoms with Gasteiger partial charge in [0.2, 0.25) is 0 Å². The van der Waals surface area contributed by atoms with Crippen LogP contribution in [-0.2, 0) is 0 Å². The Kier molecular flexibility index (Phi) is 3.35. The highest BCUT2D eigenvalue weighted by Gasteiger charge is 2.28. The standard InChI is InChI=1S/C14H18N4OS/c1-17(2)10-5-6-18(8-10)13(19)9-3-4-11-12(7-9)20-14(15)16-11/h3-4,7,10H,5-6,8H2,1-2H3,(H2,15,16). The fraction of sp³-hybridized carbons (Fsp3) is 0.429. The van der Waals surface area contributed by atoms with Gasteiger partial charge >= 0.3 is 0 Å². The van der Waals surface area contributed by atoms with Crippen LogP contribution in [-0.4, -0.2) is 53.9 Å². The minimum Gasteiger partial charge on any atom is -0.375 e. The molecule has 2 N–H and O–H groups in total. The van der Waals surface area contributed by atoms with E-state index < -0.39 is 0 Å². The van der Waals surface area contributed by atoms with E-state index in [1.807, 2.05) is 23.1 Å². The molecule has 0 bridgehead atoms. The molecule has 106 valence electrons. The topological polar surface area (TPSA) is 62.5 Å². The molecule has 1 atom stereocenters.